The van der Waals surface area contributed by atoms with Crippen molar-refractivity contribution >= 4 is 11.6 Å². The van der Waals surface area contributed by atoms with Gasteiger partial charge in [0.2, 0.25) is 0 Å². The predicted molar refractivity (Wildman–Crippen MR) is 79.2 cm³/mol. The standard InChI is InChI=1S/C18H24O2/c1-9-5-6-10(2)14-13(9)17(19)15-11(3)7-8-12(4)16(15)18(14)20/h9-12H,5-8H2,1-4H3. The lowest BCUT2D eigenvalue weighted by Gasteiger charge is -2.39. The first-order chi connectivity index (χ1) is 9.43. The number of Topliss-reactive ketones (excluding diaryl/α,β-unsaturated/α-hetero) is 2. The molecule has 3 aliphatic rings. The highest BCUT2D eigenvalue weighted by Gasteiger charge is 2.44. The van der Waals surface area contributed by atoms with E-state index >= 15 is 0 Å². The lowest BCUT2D eigenvalue weighted by Crippen LogP contribution is -2.37. The zero-order chi connectivity index (χ0) is 14.6. The van der Waals surface area contributed by atoms with Gasteiger partial charge in [-0.05, 0) is 49.4 Å². The van der Waals surface area contributed by atoms with Gasteiger partial charge in [-0.1, -0.05) is 27.7 Å². The van der Waals surface area contributed by atoms with Crippen molar-refractivity contribution in [3.63, 3.8) is 0 Å². The number of hydrogen-bond acceptors (Lipinski definition) is 2. The molecule has 0 saturated heterocycles. The van der Waals surface area contributed by atoms with Gasteiger partial charge in [-0.15, -0.1) is 0 Å². The Kier molecular flexibility index (Phi) is 3.23. The summed E-state index contributed by atoms with van der Waals surface area (Å²) in [5, 5.41) is 0. The zero-order valence-electron chi connectivity index (χ0n) is 13.0. The maximum Gasteiger partial charge on any atom is 0.186 e. The second kappa shape index (κ2) is 4.68. The first kappa shape index (κ1) is 13.8. The van der Waals surface area contributed by atoms with Crippen molar-refractivity contribution in [3.05, 3.63) is 22.3 Å². The molecular weight excluding hydrogens is 248 g/mol. The van der Waals surface area contributed by atoms with Gasteiger partial charge >= 0.3 is 0 Å². The predicted octanol–water partition coefficient (Wildman–Crippen LogP) is 3.86. The third-order valence-corrected chi connectivity index (χ3v) is 5.60. The fourth-order valence-corrected chi connectivity index (χ4v) is 4.31. The van der Waals surface area contributed by atoms with E-state index in [1.54, 1.807) is 0 Å². The van der Waals surface area contributed by atoms with Crippen molar-refractivity contribution in [3.8, 4) is 0 Å². The average Bonchev–Trinajstić information content (AvgIpc) is 2.41. The Morgan fingerprint density at radius 3 is 0.950 bits per heavy atom. The number of hydrogen-bond donors (Lipinski definition) is 0. The number of rotatable bonds is 0. The summed E-state index contributed by atoms with van der Waals surface area (Å²) in [6.07, 6.45) is 4.13. The van der Waals surface area contributed by atoms with E-state index in [9.17, 15) is 9.59 Å². The molecule has 0 heterocycles. The van der Waals surface area contributed by atoms with Crippen LogP contribution in [0, 0.1) is 23.7 Å². The van der Waals surface area contributed by atoms with Crippen LogP contribution in [0.2, 0.25) is 0 Å². The van der Waals surface area contributed by atoms with Crippen LogP contribution in [-0.2, 0) is 9.59 Å². The van der Waals surface area contributed by atoms with Gasteiger partial charge in [0.05, 0.1) is 0 Å². The van der Waals surface area contributed by atoms with Crippen LogP contribution in [0.5, 0.6) is 0 Å². The van der Waals surface area contributed by atoms with Gasteiger partial charge in [0.15, 0.2) is 11.6 Å². The fraction of sp³-hybridized carbons (Fsp3) is 0.667. The summed E-state index contributed by atoms with van der Waals surface area (Å²) in [6, 6.07) is 0. The molecule has 0 aromatic heterocycles. The van der Waals surface area contributed by atoms with Gasteiger partial charge < -0.3 is 0 Å². The largest absolute Gasteiger partial charge is 0.289 e. The van der Waals surface area contributed by atoms with E-state index in [-0.39, 0.29) is 35.2 Å². The van der Waals surface area contributed by atoms with Crippen LogP contribution < -0.4 is 0 Å². The molecule has 0 amide bonds. The van der Waals surface area contributed by atoms with Crippen LogP contribution in [0.25, 0.3) is 0 Å². The zero-order valence-corrected chi connectivity index (χ0v) is 13.0. The van der Waals surface area contributed by atoms with Gasteiger partial charge in [0.25, 0.3) is 0 Å². The van der Waals surface area contributed by atoms with Gasteiger partial charge in [-0.3, -0.25) is 9.59 Å². The highest BCUT2D eigenvalue weighted by molar-refractivity contribution is 6.26. The van der Waals surface area contributed by atoms with E-state index in [1.807, 2.05) is 0 Å². The Morgan fingerprint density at radius 1 is 0.550 bits per heavy atom. The number of carbonyl (C=O) groups excluding carboxylic acids is 2. The van der Waals surface area contributed by atoms with Crippen LogP contribution in [0.1, 0.15) is 53.4 Å². The van der Waals surface area contributed by atoms with E-state index in [1.165, 1.54) is 0 Å². The summed E-state index contributed by atoms with van der Waals surface area (Å²) in [6.45, 7) is 8.42. The number of carbonyl (C=O) groups is 2. The van der Waals surface area contributed by atoms with Crippen molar-refractivity contribution in [2.75, 3.05) is 0 Å². The number of ketones is 2. The van der Waals surface area contributed by atoms with E-state index < -0.39 is 0 Å². The minimum Gasteiger partial charge on any atom is -0.289 e. The molecule has 0 fully saturated rings. The quantitative estimate of drug-likeness (QED) is 0.627. The average molecular weight is 272 g/mol. The summed E-state index contributed by atoms with van der Waals surface area (Å²) in [7, 11) is 0. The summed E-state index contributed by atoms with van der Waals surface area (Å²) in [5.41, 5.74) is 3.42. The molecule has 0 aromatic carbocycles. The van der Waals surface area contributed by atoms with E-state index in [2.05, 4.69) is 27.7 Å². The Bertz CT molecular complexity index is 456. The molecule has 0 aliphatic heterocycles. The van der Waals surface area contributed by atoms with Crippen LogP contribution in [0.3, 0.4) is 0 Å². The highest BCUT2D eigenvalue weighted by atomic mass is 16.1. The maximum atomic E-state index is 13.0. The normalized spacial score (nSPS) is 38.0. The summed E-state index contributed by atoms with van der Waals surface area (Å²) >= 11 is 0. The first-order valence-corrected chi connectivity index (χ1v) is 8.01. The Morgan fingerprint density at radius 2 is 0.750 bits per heavy atom. The minimum atomic E-state index is 0.202. The molecule has 0 N–H and O–H groups in total. The maximum absolute atomic E-state index is 13.0. The Labute approximate surface area is 121 Å². The lowest BCUT2D eigenvalue weighted by molar-refractivity contribution is -0.118. The molecule has 0 bridgehead atoms. The second-order valence-electron chi connectivity index (χ2n) is 7.07. The lowest BCUT2D eigenvalue weighted by atomic mass is 9.63. The van der Waals surface area contributed by atoms with Crippen LogP contribution in [0.15, 0.2) is 22.3 Å². The van der Waals surface area contributed by atoms with Crippen LogP contribution in [0.4, 0.5) is 0 Å². The highest BCUT2D eigenvalue weighted by Crippen LogP contribution is 2.46. The molecule has 3 rings (SSSR count). The topological polar surface area (TPSA) is 34.1 Å². The molecular formula is C18H24O2. The smallest absolute Gasteiger partial charge is 0.186 e. The molecule has 0 spiro atoms. The summed E-state index contributed by atoms with van der Waals surface area (Å²) in [4.78, 5) is 26.0. The third-order valence-electron chi connectivity index (χ3n) is 5.60. The van der Waals surface area contributed by atoms with E-state index in [0.29, 0.717) is 0 Å². The molecule has 2 nitrogen and oxygen atoms in total. The second-order valence-corrected chi connectivity index (χ2v) is 7.07. The van der Waals surface area contributed by atoms with Gasteiger partial charge in [0, 0.05) is 22.3 Å². The van der Waals surface area contributed by atoms with Crippen molar-refractivity contribution in [1.29, 1.82) is 0 Å². The molecule has 3 aliphatic carbocycles. The Balaban J connectivity index is 2.18. The molecule has 4 unspecified atom stereocenters. The van der Waals surface area contributed by atoms with Crippen molar-refractivity contribution in [1.82, 2.24) is 0 Å². The summed E-state index contributed by atoms with van der Waals surface area (Å²) in [5.74, 6) is 1.39. The number of allylic oxidation sites excluding steroid dienone is 4. The van der Waals surface area contributed by atoms with Crippen molar-refractivity contribution < 1.29 is 9.59 Å². The van der Waals surface area contributed by atoms with E-state index in [4.69, 9.17) is 0 Å². The van der Waals surface area contributed by atoms with Crippen LogP contribution >= 0.6 is 0 Å². The molecule has 4 atom stereocenters. The molecule has 20 heavy (non-hydrogen) atoms. The molecule has 108 valence electrons. The Hall–Kier alpha value is -1.18. The van der Waals surface area contributed by atoms with Crippen LogP contribution in [-0.4, -0.2) is 11.6 Å². The summed E-state index contributed by atoms with van der Waals surface area (Å²) < 4.78 is 0. The molecule has 2 heteroatoms. The first-order valence-electron chi connectivity index (χ1n) is 8.01. The molecule has 0 aromatic rings. The van der Waals surface area contributed by atoms with Crippen molar-refractivity contribution in [2.45, 2.75) is 53.4 Å². The van der Waals surface area contributed by atoms with Gasteiger partial charge in [-0.25, -0.2) is 0 Å². The molecule has 0 radical (unpaired) electrons. The fourth-order valence-electron chi connectivity index (χ4n) is 4.31. The monoisotopic (exact) mass is 272 g/mol. The van der Waals surface area contributed by atoms with Crippen molar-refractivity contribution in [2.24, 2.45) is 23.7 Å². The minimum absolute atomic E-state index is 0.202. The SMILES string of the molecule is CC1CCC(C)C2=C1C(=O)C1=C(C2=O)C(C)CCC1C. The van der Waals surface area contributed by atoms with Gasteiger partial charge in [0.1, 0.15) is 0 Å². The third kappa shape index (κ3) is 1.77. The molecule has 0 saturated carbocycles. The van der Waals surface area contributed by atoms with Gasteiger partial charge in [-0.2, -0.15) is 0 Å². The van der Waals surface area contributed by atoms with E-state index in [0.717, 1.165) is 48.0 Å².